The van der Waals surface area contributed by atoms with E-state index in [1.54, 1.807) is 12.0 Å². The van der Waals surface area contributed by atoms with Crippen LogP contribution in [-0.2, 0) is 17.8 Å². The smallest absolute Gasteiger partial charge is 0.231 e. The molecule has 0 atom stereocenters. The third-order valence-corrected chi connectivity index (χ3v) is 3.54. The molecule has 2 aromatic rings. The number of nitrogens with two attached hydrogens (primary N) is 1. The van der Waals surface area contributed by atoms with E-state index in [1.807, 2.05) is 42.5 Å². The Morgan fingerprint density at radius 3 is 2.85 bits per heavy atom. The molecule has 0 aromatic heterocycles. The summed E-state index contributed by atoms with van der Waals surface area (Å²) < 4.78 is 5.21. The van der Waals surface area contributed by atoms with Crippen LogP contribution in [-0.4, -0.2) is 13.0 Å². The lowest BCUT2D eigenvalue weighted by Gasteiger charge is -2.19. The molecule has 1 aliphatic heterocycles. The summed E-state index contributed by atoms with van der Waals surface area (Å²) in [6.45, 7) is 0.511. The Hall–Kier alpha value is -2.49. The van der Waals surface area contributed by atoms with E-state index in [0.717, 1.165) is 22.6 Å². The maximum atomic E-state index is 12.2. The van der Waals surface area contributed by atoms with Crippen LogP contribution in [0.2, 0.25) is 0 Å². The van der Waals surface area contributed by atoms with Crippen LogP contribution in [0.5, 0.6) is 5.75 Å². The molecule has 0 aliphatic carbocycles. The van der Waals surface area contributed by atoms with Gasteiger partial charge < -0.3 is 15.4 Å². The van der Waals surface area contributed by atoms with Gasteiger partial charge in [-0.2, -0.15) is 0 Å². The van der Waals surface area contributed by atoms with Crippen LogP contribution in [0, 0.1) is 0 Å². The maximum Gasteiger partial charge on any atom is 0.231 e. The molecule has 1 amide bonds. The standard InChI is InChI=1S/C16H16N2O2/c1-20-13-6-2-4-11(8-13)10-18-15(19)9-12-5-3-7-14(17)16(12)18/h2-8H,9-10,17H2,1H3. The van der Waals surface area contributed by atoms with E-state index >= 15 is 0 Å². The van der Waals surface area contributed by atoms with Crippen molar-refractivity contribution >= 4 is 17.3 Å². The molecule has 0 saturated heterocycles. The predicted molar refractivity (Wildman–Crippen MR) is 78.7 cm³/mol. The van der Waals surface area contributed by atoms with Gasteiger partial charge in [0.25, 0.3) is 0 Å². The number of carbonyl (C=O) groups is 1. The number of carbonyl (C=O) groups excluding carboxylic acids is 1. The van der Waals surface area contributed by atoms with Crippen LogP contribution < -0.4 is 15.4 Å². The number of nitrogens with zero attached hydrogens (tertiary/aromatic N) is 1. The average Bonchev–Trinajstić information content (AvgIpc) is 2.77. The monoisotopic (exact) mass is 268 g/mol. The molecule has 0 bridgehead atoms. The van der Waals surface area contributed by atoms with Crippen molar-refractivity contribution in [2.45, 2.75) is 13.0 Å². The first-order valence-corrected chi connectivity index (χ1v) is 6.49. The lowest BCUT2D eigenvalue weighted by atomic mass is 10.1. The fourth-order valence-corrected chi connectivity index (χ4v) is 2.59. The minimum absolute atomic E-state index is 0.0840. The van der Waals surface area contributed by atoms with E-state index in [9.17, 15) is 4.79 Å². The van der Waals surface area contributed by atoms with Gasteiger partial charge >= 0.3 is 0 Å². The van der Waals surface area contributed by atoms with Crippen molar-refractivity contribution in [2.75, 3.05) is 17.7 Å². The molecular formula is C16H16N2O2. The van der Waals surface area contributed by atoms with Gasteiger partial charge in [0.15, 0.2) is 0 Å². The number of hydrogen-bond acceptors (Lipinski definition) is 3. The van der Waals surface area contributed by atoms with Crippen LogP contribution in [0.4, 0.5) is 11.4 Å². The molecule has 0 unspecified atom stereocenters. The molecule has 4 heteroatoms. The van der Waals surface area contributed by atoms with Gasteiger partial charge in [-0.15, -0.1) is 0 Å². The number of methoxy groups -OCH3 is 1. The number of hydrogen-bond donors (Lipinski definition) is 1. The van der Waals surface area contributed by atoms with Crippen molar-refractivity contribution in [3.63, 3.8) is 0 Å². The summed E-state index contributed by atoms with van der Waals surface area (Å²) in [5.74, 6) is 0.871. The Morgan fingerprint density at radius 2 is 2.05 bits per heavy atom. The van der Waals surface area contributed by atoms with Gasteiger partial charge in [-0.25, -0.2) is 0 Å². The number of para-hydroxylation sites is 1. The summed E-state index contributed by atoms with van der Waals surface area (Å²) in [4.78, 5) is 13.9. The average molecular weight is 268 g/mol. The second kappa shape index (κ2) is 4.89. The van der Waals surface area contributed by atoms with Crippen LogP contribution in [0.1, 0.15) is 11.1 Å². The fourth-order valence-electron chi connectivity index (χ4n) is 2.59. The van der Waals surface area contributed by atoms with Crippen LogP contribution in [0.25, 0.3) is 0 Å². The number of rotatable bonds is 3. The molecule has 0 spiro atoms. The number of nitrogen functional groups attached to an aromatic ring is 1. The largest absolute Gasteiger partial charge is 0.497 e. The molecule has 20 heavy (non-hydrogen) atoms. The minimum Gasteiger partial charge on any atom is -0.497 e. The SMILES string of the molecule is COc1cccc(CN2C(=O)Cc3cccc(N)c32)c1. The zero-order valence-electron chi connectivity index (χ0n) is 11.3. The summed E-state index contributed by atoms with van der Waals surface area (Å²) in [5, 5.41) is 0. The van der Waals surface area contributed by atoms with E-state index < -0.39 is 0 Å². The van der Waals surface area contributed by atoms with Crippen molar-refractivity contribution in [2.24, 2.45) is 0 Å². The molecule has 2 aromatic carbocycles. The molecule has 2 N–H and O–H groups in total. The number of fused-ring (bicyclic) bond motifs is 1. The highest BCUT2D eigenvalue weighted by Gasteiger charge is 2.28. The van der Waals surface area contributed by atoms with Crippen molar-refractivity contribution in [1.82, 2.24) is 0 Å². The highest BCUT2D eigenvalue weighted by Crippen LogP contribution is 2.35. The third-order valence-electron chi connectivity index (χ3n) is 3.54. The molecule has 1 heterocycles. The lowest BCUT2D eigenvalue weighted by Crippen LogP contribution is -2.26. The number of amides is 1. The van der Waals surface area contributed by atoms with Gasteiger partial charge in [0.05, 0.1) is 31.5 Å². The summed E-state index contributed by atoms with van der Waals surface area (Å²) >= 11 is 0. The van der Waals surface area contributed by atoms with Crippen LogP contribution >= 0.6 is 0 Å². The van der Waals surface area contributed by atoms with E-state index in [1.165, 1.54) is 0 Å². The fraction of sp³-hybridized carbons (Fsp3) is 0.188. The second-order valence-corrected chi connectivity index (χ2v) is 4.86. The molecule has 0 saturated carbocycles. The molecule has 3 rings (SSSR count). The van der Waals surface area contributed by atoms with Gasteiger partial charge in [-0.3, -0.25) is 4.79 Å². The minimum atomic E-state index is 0.0840. The van der Waals surface area contributed by atoms with Crippen LogP contribution in [0.15, 0.2) is 42.5 Å². The predicted octanol–water partition coefficient (Wildman–Crippen LogP) is 2.37. The molecule has 0 fully saturated rings. The van der Waals surface area contributed by atoms with Crippen molar-refractivity contribution in [3.8, 4) is 5.75 Å². The molecule has 4 nitrogen and oxygen atoms in total. The van der Waals surface area contributed by atoms with Gasteiger partial charge in [-0.05, 0) is 29.3 Å². The summed E-state index contributed by atoms with van der Waals surface area (Å²) in [6, 6.07) is 13.4. The third kappa shape index (κ3) is 2.09. The van der Waals surface area contributed by atoms with Crippen molar-refractivity contribution in [3.05, 3.63) is 53.6 Å². The quantitative estimate of drug-likeness (QED) is 0.869. The Balaban J connectivity index is 1.94. The molecular weight excluding hydrogens is 252 g/mol. The first kappa shape index (κ1) is 12.5. The molecule has 102 valence electrons. The van der Waals surface area contributed by atoms with E-state index in [4.69, 9.17) is 10.5 Å². The highest BCUT2D eigenvalue weighted by molar-refractivity contribution is 6.04. The zero-order valence-corrected chi connectivity index (χ0v) is 11.3. The first-order valence-electron chi connectivity index (χ1n) is 6.49. The summed E-state index contributed by atoms with van der Waals surface area (Å²) in [5.41, 5.74) is 9.53. The zero-order chi connectivity index (χ0) is 14.1. The Morgan fingerprint density at radius 1 is 1.25 bits per heavy atom. The van der Waals surface area contributed by atoms with Gasteiger partial charge in [-0.1, -0.05) is 24.3 Å². The first-order chi connectivity index (χ1) is 9.69. The normalized spacial score (nSPS) is 13.4. The topological polar surface area (TPSA) is 55.6 Å². The Bertz CT molecular complexity index is 667. The van der Waals surface area contributed by atoms with E-state index in [2.05, 4.69) is 0 Å². The number of benzene rings is 2. The lowest BCUT2D eigenvalue weighted by molar-refractivity contribution is -0.117. The Kier molecular flexibility index (Phi) is 3.06. The van der Waals surface area contributed by atoms with Crippen LogP contribution in [0.3, 0.4) is 0 Å². The van der Waals surface area contributed by atoms with Gasteiger partial charge in [0.2, 0.25) is 5.91 Å². The molecule has 0 radical (unpaired) electrons. The van der Waals surface area contributed by atoms with E-state index in [-0.39, 0.29) is 5.91 Å². The second-order valence-electron chi connectivity index (χ2n) is 4.86. The van der Waals surface area contributed by atoms with Gasteiger partial charge in [0.1, 0.15) is 5.75 Å². The maximum absolute atomic E-state index is 12.2. The van der Waals surface area contributed by atoms with Crippen molar-refractivity contribution in [1.29, 1.82) is 0 Å². The molecule has 1 aliphatic rings. The van der Waals surface area contributed by atoms with E-state index in [0.29, 0.717) is 18.7 Å². The highest BCUT2D eigenvalue weighted by atomic mass is 16.5. The Labute approximate surface area is 117 Å². The summed E-state index contributed by atoms with van der Waals surface area (Å²) in [6.07, 6.45) is 0.421. The van der Waals surface area contributed by atoms with Gasteiger partial charge in [0, 0.05) is 0 Å². The van der Waals surface area contributed by atoms with Crippen molar-refractivity contribution < 1.29 is 9.53 Å². The number of anilines is 2. The number of ether oxygens (including phenoxy) is 1. The summed E-state index contributed by atoms with van der Waals surface area (Å²) in [7, 11) is 1.63.